The first-order chi connectivity index (χ1) is 13.7. The number of aliphatic hydroxyl groups is 1. The molecule has 2 aliphatic carbocycles. The van der Waals surface area contributed by atoms with Crippen molar-refractivity contribution in [2.75, 3.05) is 6.61 Å². The van der Waals surface area contributed by atoms with E-state index >= 15 is 0 Å². The molecule has 0 aromatic heterocycles. The first kappa shape index (κ1) is 21.9. The van der Waals surface area contributed by atoms with E-state index in [1.54, 1.807) is 6.92 Å². The predicted octanol–water partition coefficient (Wildman–Crippen LogP) is 4.89. The van der Waals surface area contributed by atoms with Crippen molar-refractivity contribution in [3.63, 3.8) is 0 Å². The van der Waals surface area contributed by atoms with Gasteiger partial charge < -0.3 is 19.8 Å². The average molecular weight is 404 g/mol. The highest BCUT2D eigenvalue weighted by Crippen LogP contribution is 2.39. The third-order valence-corrected chi connectivity index (χ3v) is 6.94. The van der Waals surface area contributed by atoms with Crippen LogP contribution in [0.1, 0.15) is 70.9 Å². The van der Waals surface area contributed by atoms with Crippen molar-refractivity contribution in [2.24, 2.45) is 11.3 Å². The topological polar surface area (TPSA) is 70.0 Å². The summed E-state index contributed by atoms with van der Waals surface area (Å²) in [5, 5.41) is 19.0. The summed E-state index contributed by atoms with van der Waals surface area (Å²) in [5.41, 5.74) is 2.84. The maximum Gasteiger partial charge on any atom is 0.407 e. The van der Waals surface area contributed by atoms with Crippen LogP contribution in [0.25, 0.3) is 0 Å². The molecular formula is C24H37NO4. The number of benzene rings is 1. The summed E-state index contributed by atoms with van der Waals surface area (Å²) in [6, 6.07) is 5.83. The fraction of sp³-hybridized carbons (Fsp3) is 0.708. The molecule has 1 fully saturated rings. The third kappa shape index (κ3) is 5.25. The highest BCUT2D eigenvalue weighted by atomic mass is 16.5. The molecule has 1 saturated carbocycles. The summed E-state index contributed by atoms with van der Waals surface area (Å²) in [6.45, 7) is 8.61. The quantitative estimate of drug-likeness (QED) is 0.734. The number of carboxylic acid groups (broad SMARTS) is 1. The SMILES string of the molecule is CC(CO)N(C(=O)O)C1CCc2cc(OC3CCC(C(C)(C)C)CC3)ccc2C1. The molecule has 2 N–H and O–H groups in total. The molecule has 0 bridgehead atoms. The van der Waals surface area contributed by atoms with E-state index in [4.69, 9.17) is 4.74 Å². The molecule has 3 rings (SSSR count). The minimum Gasteiger partial charge on any atom is -0.490 e. The normalized spacial score (nSPS) is 25.8. The number of ether oxygens (including phenoxy) is 1. The molecule has 2 unspecified atom stereocenters. The van der Waals surface area contributed by atoms with Crippen molar-refractivity contribution in [3.8, 4) is 5.75 Å². The molecule has 2 aliphatic rings. The molecule has 29 heavy (non-hydrogen) atoms. The molecule has 0 aliphatic heterocycles. The molecule has 1 amide bonds. The van der Waals surface area contributed by atoms with Crippen LogP contribution in [0.2, 0.25) is 0 Å². The number of aryl methyl sites for hydroxylation is 1. The lowest BCUT2D eigenvalue weighted by atomic mass is 9.72. The van der Waals surface area contributed by atoms with Crippen molar-refractivity contribution < 1.29 is 19.7 Å². The van der Waals surface area contributed by atoms with Gasteiger partial charge in [0.2, 0.25) is 0 Å². The Kier molecular flexibility index (Phi) is 6.77. The van der Waals surface area contributed by atoms with E-state index in [0.29, 0.717) is 17.9 Å². The highest BCUT2D eigenvalue weighted by Gasteiger charge is 2.32. The number of rotatable bonds is 5. The monoisotopic (exact) mass is 403 g/mol. The fourth-order valence-electron chi connectivity index (χ4n) is 5.05. The molecule has 0 spiro atoms. The van der Waals surface area contributed by atoms with Crippen LogP contribution >= 0.6 is 0 Å². The lowest BCUT2D eigenvalue weighted by molar-refractivity contribution is 0.0735. The number of nitrogens with zero attached hydrogens (tertiary/aromatic N) is 1. The largest absolute Gasteiger partial charge is 0.490 e. The molecule has 0 saturated heterocycles. The lowest BCUT2D eigenvalue weighted by Crippen LogP contribution is -2.49. The van der Waals surface area contributed by atoms with Gasteiger partial charge in [0.05, 0.1) is 18.8 Å². The molecule has 162 valence electrons. The highest BCUT2D eigenvalue weighted by molar-refractivity contribution is 5.66. The van der Waals surface area contributed by atoms with E-state index in [9.17, 15) is 15.0 Å². The van der Waals surface area contributed by atoms with Gasteiger partial charge in [-0.2, -0.15) is 0 Å². The van der Waals surface area contributed by atoms with Gasteiger partial charge in [0.1, 0.15) is 5.75 Å². The molecular weight excluding hydrogens is 366 g/mol. The van der Waals surface area contributed by atoms with Crippen molar-refractivity contribution in [2.45, 2.75) is 90.8 Å². The van der Waals surface area contributed by atoms with E-state index in [1.165, 1.54) is 28.9 Å². The Morgan fingerprint density at radius 1 is 1.17 bits per heavy atom. The van der Waals surface area contributed by atoms with Gasteiger partial charge in [-0.1, -0.05) is 26.8 Å². The summed E-state index contributed by atoms with van der Waals surface area (Å²) in [7, 11) is 0. The molecule has 5 nitrogen and oxygen atoms in total. The molecule has 1 aromatic rings. The van der Waals surface area contributed by atoms with Gasteiger partial charge in [-0.25, -0.2) is 4.79 Å². The standard InChI is InChI=1S/C24H37NO4/c1-16(15-26)25(23(27)28)20-9-5-18-14-22(10-6-17(18)13-20)29-21-11-7-19(8-12-21)24(2,3)4/h6,10,14,16,19-21,26H,5,7-9,11-13,15H2,1-4H3,(H,27,28). The predicted molar refractivity (Wildman–Crippen MR) is 114 cm³/mol. The Morgan fingerprint density at radius 3 is 2.45 bits per heavy atom. The molecule has 1 aromatic carbocycles. The van der Waals surface area contributed by atoms with Gasteiger partial charge in [-0.05, 0) is 86.5 Å². The van der Waals surface area contributed by atoms with E-state index < -0.39 is 6.09 Å². The van der Waals surface area contributed by atoms with Gasteiger partial charge in [-0.15, -0.1) is 0 Å². The molecule has 0 heterocycles. The van der Waals surface area contributed by atoms with Crippen molar-refractivity contribution >= 4 is 6.09 Å². The number of carbonyl (C=O) groups is 1. The summed E-state index contributed by atoms with van der Waals surface area (Å²) < 4.78 is 6.31. The minimum absolute atomic E-state index is 0.0819. The number of amides is 1. The number of aliphatic hydroxyl groups excluding tert-OH is 1. The smallest absolute Gasteiger partial charge is 0.407 e. The van der Waals surface area contributed by atoms with Gasteiger partial charge in [0.15, 0.2) is 0 Å². The van der Waals surface area contributed by atoms with E-state index in [1.807, 2.05) is 6.07 Å². The number of fused-ring (bicyclic) bond motifs is 1. The minimum atomic E-state index is -0.953. The second-order valence-corrected chi connectivity index (χ2v) is 10.0. The van der Waals surface area contributed by atoms with E-state index in [2.05, 4.69) is 32.9 Å². The van der Waals surface area contributed by atoms with Crippen molar-refractivity contribution in [1.29, 1.82) is 0 Å². The zero-order chi connectivity index (χ0) is 21.2. The summed E-state index contributed by atoms with van der Waals surface area (Å²) in [4.78, 5) is 13.1. The molecule has 5 heteroatoms. The molecule has 2 atom stereocenters. The number of hydrogen-bond donors (Lipinski definition) is 2. The Balaban J connectivity index is 1.61. The average Bonchev–Trinajstić information content (AvgIpc) is 2.67. The van der Waals surface area contributed by atoms with Crippen LogP contribution in [0.3, 0.4) is 0 Å². The van der Waals surface area contributed by atoms with Gasteiger partial charge in [0.25, 0.3) is 0 Å². The lowest BCUT2D eigenvalue weighted by Gasteiger charge is -2.37. The van der Waals surface area contributed by atoms with Crippen LogP contribution in [0.4, 0.5) is 4.79 Å². The van der Waals surface area contributed by atoms with Gasteiger partial charge in [0, 0.05) is 6.04 Å². The second kappa shape index (κ2) is 8.95. The zero-order valence-electron chi connectivity index (χ0n) is 18.4. The van der Waals surface area contributed by atoms with E-state index in [0.717, 1.165) is 37.4 Å². The van der Waals surface area contributed by atoms with Gasteiger partial charge >= 0.3 is 6.09 Å². The molecule has 0 radical (unpaired) electrons. The zero-order valence-corrected chi connectivity index (χ0v) is 18.4. The first-order valence-corrected chi connectivity index (χ1v) is 11.1. The maximum atomic E-state index is 11.7. The van der Waals surface area contributed by atoms with Gasteiger partial charge in [-0.3, -0.25) is 0 Å². The fourth-order valence-corrected chi connectivity index (χ4v) is 5.05. The Hall–Kier alpha value is -1.75. The van der Waals surface area contributed by atoms with Crippen molar-refractivity contribution in [1.82, 2.24) is 4.90 Å². The van der Waals surface area contributed by atoms with Crippen LogP contribution in [0.5, 0.6) is 5.75 Å². The first-order valence-electron chi connectivity index (χ1n) is 11.1. The number of hydrogen-bond acceptors (Lipinski definition) is 3. The summed E-state index contributed by atoms with van der Waals surface area (Å²) in [5.74, 6) is 1.72. The van der Waals surface area contributed by atoms with E-state index in [-0.39, 0.29) is 18.7 Å². The van der Waals surface area contributed by atoms with Crippen LogP contribution in [-0.2, 0) is 12.8 Å². The van der Waals surface area contributed by atoms with Crippen LogP contribution in [0.15, 0.2) is 18.2 Å². The Bertz CT molecular complexity index is 703. The van der Waals surface area contributed by atoms with Crippen LogP contribution in [0, 0.1) is 11.3 Å². The second-order valence-electron chi connectivity index (χ2n) is 10.0. The summed E-state index contributed by atoms with van der Waals surface area (Å²) in [6.07, 6.45) is 6.37. The third-order valence-electron chi connectivity index (χ3n) is 6.94. The summed E-state index contributed by atoms with van der Waals surface area (Å²) >= 11 is 0. The van der Waals surface area contributed by atoms with Crippen LogP contribution in [-0.4, -0.2) is 46.0 Å². The van der Waals surface area contributed by atoms with Crippen LogP contribution < -0.4 is 4.74 Å². The maximum absolute atomic E-state index is 11.7. The van der Waals surface area contributed by atoms with Crippen molar-refractivity contribution in [3.05, 3.63) is 29.3 Å². The Labute approximate surface area is 175 Å². The Morgan fingerprint density at radius 2 is 1.86 bits per heavy atom.